The van der Waals surface area contributed by atoms with Crippen LogP contribution in [0.2, 0.25) is 0 Å². The first-order chi connectivity index (χ1) is 12.8. The molecule has 0 saturated carbocycles. The summed E-state index contributed by atoms with van der Waals surface area (Å²) in [5.41, 5.74) is 0. The average Bonchev–Trinajstić information content (AvgIpc) is 2.65. The lowest BCUT2D eigenvalue weighted by Gasteiger charge is -2.19. The zero-order valence-corrected chi connectivity index (χ0v) is 17.4. The van der Waals surface area contributed by atoms with E-state index in [1.165, 1.54) is 29.9 Å². The number of methoxy groups -OCH3 is 1. The molecule has 0 heterocycles. The Morgan fingerprint density at radius 2 is 1.92 bits per heavy atom. The molecule has 26 heavy (non-hydrogen) atoms. The summed E-state index contributed by atoms with van der Waals surface area (Å²) in [6, 6.07) is 8.46. The summed E-state index contributed by atoms with van der Waals surface area (Å²) in [5, 5.41) is 2.90. The Labute approximate surface area is 161 Å². The molecule has 1 nitrogen and oxygen atoms in total. The van der Waals surface area contributed by atoms with Crippen LogP contribution in [0.4, 0.5) is 0 Å². The minimum absolute atomic E-state index is 0.424. The summed E-state index contributed by atoms with van der Waals surface area (Å²) in [6.45, 7) is 7.96. The molecule has 1 aromatic rings. The van der Waals surface area contributed by atoms with Gasteiger partial charge in [0.1, 0.15) is 5.75 Å². The van der Waals surface area contributed by atoms with Gasteiger partial charge in [0, 0.05) is 0 Å². The van der Waals surface area contributed by atoms with Gasteiger partial charge in [-0.3, -0.25) is 0 Å². The second kappa shape index (κ2) is 14.3. The van der Waals surface area contributed by atoms with Crippen LogP contribution in [-0.2, 0) is 0 Å². The van der Waals surface area contributed by atoms with Gasteiger partial charge in [-0.25, -0.2) is 0 Å². The Hall–Kier alpha value is -1.85. The summed E-state index contributed by atoms with van der Waals surface area (Å²) in [5.74, 6) is 3.21. The molecule has 0 amide bonds. The molecule has 1 aliphatic rings. The SMILES string of the molecule is C/C=C\CC.C=C/C=C/P(/C1=C/CCC/C=C\C1)c1ccc(OC)cc1. The third-order valence-electron chi connectivity index (χ3n) is 3.95. The fraction of sp³-hybridized carbons (Fsp3) is 0.333. The van der Waals surface area contributed by atoms with Crippen molar-refractivity contribution in [3.8, 4) is 5.75 Å². The highest BCUT2D eigenvalue weighted by Gasteiger charge is 2.13. The first-order valence-corrected chi connectivity index (χ1v) is 10.9. The van der Waals surface area contributed by atoms with Crippen molar-refractivity contribution in [3.63, 3.8) is 0 Å². The lowest BCUT2D eigenvalue weighted by molar-refractivity contribution is 0.415. The molecule has 2 rings (SSSR count). The van der Waals surface area contributed by atoms with Crippen LogP contribution in [-0.4, -0.2) is 7.11 Å². The minimum atomic E-state index is -0.424. The van der Waals surface area contributed by atoms with E-state index in [-0.39, 0.29) is 0 Å². The van der Waals surface area contributed by atoms with E-state index >= 15 is 0 Å². The Morgan fingerprint density at radius 1 is 1.15 bits per heavy atom. The molecule has 0 bridgehead atoms. The maximum absolute atomic E-state index is 5.26. The lowest BCUT2D eigenvalue weighted by Crippen LogP contribution is -2.01. The van der Waals surface area contributed by atoms with Crippen molar-refractivity contribution in [3.05, 3.63) is 84.5 Å². The van der Waals surface area contributed by atoms with Gasteiger partial charge in [0.15, 0.2) is 0 Å². The van der Waals surface area contributed by atoms with Crippen LogP contribution in [0.5, 0.6) is 5.75 Å². The van der Waals surface area contributed by atoms with Crippen molar-refractivity contribution in [1.29, 1.82) is 0 Å². The van der Waals surface area contributed by atoms with Gasteiger partial charge in [-0.05, 0) is 69.7 Å². The quantitative estimate of drug-likeness (QED) is 0.287. The van der Waals surface area contributed by atoms with Crippen molar-refractivity contribution < 1.29 is 4.74 Å². The van der Waals surface area contributed by atoms with Gasteiger partial charge in [-0.1, -0.05) is 74.0 Å². The molecule has 2 heteroatoms. The zero-order valence-electron chi connectivity index (χ0n) is 16.5. The topological polar surface area (TPSA) is 9.23 Å². The minimum Gasteiger partial charge on any atom is -0.497 e. The average molecular weight is 369 g/mol. The van der Waals surface area contributed by atoms with E-state index in [4.69, 9.17) is 4.74 Å². The number of benzene rings is 1. The van der Waals surface area contributed by atoms with Crippen LogP contribution in [0.25, 0.3) is 0 Å². The van der Waals surface area contributed by atoms with E-state index in [1.807, 2.05) is 25.1 Å². The van der Waals surface area contributed by atoms with Gasteiger partial charge in [-0.15, -0.1) is 0 Å². The van der Waals surface area contributed by atoms with E-state index < -0.39 is 7.92 Å². The third kappa shape index (κ3) is 8.50. The van der Waals surface area contributed by atoms with Crippen LogP contribution in [0.1, 0.15) is 46.0 Å². The number of hydrogen-bond acceptors (Lipinski definition) is 1. The Balaban J connectivity index is 0.000000597. The first kappa shape index (κ1) is 22.2. The molecule has 0 aliphatic heterocycles. The van der Waals surface area contributed by atoms with Crippen LogP contribution in [0.15, 0.2) is 84.5 Å². The molecule has 0 spiro atoms. The van der Waals surface area contributed by atoms with Crippen LogP contribution >= 0.6 is 7.92 Å². The lowest BCUT2D eigenvalue weighted by atomic mass is 10.1. The Morgan fingerprint density at radius 3 is 2.50 bits per heavy atom. The van der Waals surface area contributed by atoms with Gasteiger partial charge >= 0.3 is 0 Å². The molecular formula is C24H33OP. The number of hydrogen-bond donors (Lipinski definition) is 0. The smallest absolute Gasteiger partial charge is 0.118 e. The van der Waals surface area contributed by atoms with Crippen molar-refractivity contribution >= 4 is 13.2 Å². The molecule has 1 aromatic carbocycles. The fourth-order valence-corrected chi connectivity index (χ4v) is 4.67. The van der Waals surface area contributed by atoms with E-state index in [9.17, 15) is 0 Å². The van der Waals surface area contributed by atoms with Crippen molar-refractivity contribution in [2.45, 2.75) is 46.0 Å². The van der Waals surface area contributed by atoms with Gasteiger partial charge in [0.05, 0.1) is 7.11 Å². The van der Waals surface area contributed by atoms with Gasteiger partial charge in [-0.2, -0.15) is 0 Å². The van der Waals surface area contributed by atoms with Gasteiger partial charge < -0.3 is 4.74 Å². The Bertz CT molecular complexity index is 620. The summed E-state index contributed by atoms with van der Waals surface area (Å²) >= 11 is 0. The predicted molar refractivity (Wildman–Crippen MR) is 120 cm³/mol. The van der Waals surface area contributed by atoms with Crippen molar-refractivity contribution in [1.82, 2.24) is 0 Å². The molecule has 0 fully saturated rings. The highest BCUT2D eigenvalue weighted by atomic mass is 31.1. The van der Waals surface area contributed by atoms with Gasteiger partial charge in [0.25, 0.3) is 0 Å². The maximum Gasteiger partial charge on any atom is 0.118 e. The standard InChI is InChI=1S/C19H23OP.C5H10/c1-3-4-16-21(18-10-8-6-5-7-9-11-18)19-14-12-17(20-2)13-15-19;1-3-5-4-2/h3-4,6,8,11-16H,1,5,7,9-10H2,2H3;3,5H,4H2,1-2H3/b8-6-,16-4+,18-11+;5-3-. The molecule has 1 unspecified atom stereocenters. The number of rotatable bonds is 6. The summed E-state index contributed by atoms with van der Waals surface area (Å²) in [4.78, 5) is 0. The monoisotopic (exact) mass is 368 g/mol. The van der Waals surface area contributed by atoms with Crippen LogP contribution < -0.4 is 10.0 Å². The highest BCUT2D eigenvalue weighted by molar-refractivity contribution is 7.72. The van der Waals surface area contributed by atoms with Crippen molar-refractivity contribution in [2.24, 2.45) is 0 Å². The second-order valence-corrected chi connectivity index (χ2v) is 8.05. The molecule has 0 aromatic heterocycles. The molecular weight excluding hydrogens is 335 g/mol. The third-order valence-corrected chi connectivity index (χ3v) is 6.26. The van der Waals surface area contributed by atoms with Crippen LogP contribution in [0, 0.1) is 0 Å². The molecule has 140 valence electrons. The number of ether oxygens (including phenoxy) is 1. The van der Waals surface area contributed by atoms with Crippen molar-refractivity contribution in [2.75, 3.05) is 7.11 Å². The predicted octanol–water partition coefficient (Wildman–Crippen LogP) is 7.49. The normalized spacial score (nSPS) is 18.8. The molecule has 0 saturated heterocycles. The number of allylic oxidation sites excluding steroid dienone is 8. The zero-order chi connectivity index (χ0) is 19.0. The fourth-order valence-electron chi connectivity index (χ4n) is 2.58. The highest BCUT2D eigenvalue weighted by Crippen LogP contribution is 2.48. The molecule has 1 atom stereocenters. The van der Waals surface area contributed by atoms with Crippen LogP contribution in [0.3, 0.4) is 0 Å². The van der Waals surface area contributed by atoms with E-state index in [0.29, 0.717) is 0 Å². The molecule has 0 N–H and O–H groups in total. The molecule has 1 aliphatic carbocycles. The largest absolute Gasteiger partial charge is 0.497 e. The van der Waals surface area contributed by atoms with E-state index in [2.05, 4.69) is 67.9 Å². The Kier molecular flexibility index (Phi) is 12.2. The summed E-state index contributed by atoms with van der Waals surface area (Å²) in [7, 11) is 1.28. The first-order valence-electron chi connectivity index (χ1n) is 9.44. The molecule has 0 radical (unpaired) electrons. The maximum atomic E-state index is 5.26. The summed E-state index contributed by atoms with van der Waals surface area (Å²) in [6.07, 6.45) is 21.0. The van der Waals surface area contributed by atoms with E-state index in [0.717, 1.165) is 18.6 Å². The summed E-state index contributed by atoms with van der Waals surface area (Å²) < 4.78 is 5.26. The second-order valence-electron chi connectivity index (χ2n) is 5.92. The van der Waals surface area contributed by atoms with E-state index in [1.54, 1.807) is 7.11 Å². The van der Waals surface area contributed by atoms with Gasteiger partial charge in [0.2, 0.25) is 0 Å².